The molecular formula is C8H12N2S. The molecule has 0 saturated heterocycles. The van der Waals surface area contributed by atoms with Crippen LogP contribution in [0.1, 0.15) is 5.56 Å². The topological polar surface area (TPSA) is 24.9 Å². The number of pyridine rings is 1. The average Bonchev–Trinajstić information content (AvgIpc) is 2.03. The number of hydrogen-bond acceptors (Lipinski definition) is 3. The van der Waals surface area contributed by atoms with Gasteiger partial charge < -0.3 is 5.32 Å². The van der Waals surface area contributed by atoms with Crippen molar-refractivity contribution in [2.24, 2.45) is 0 Å². The SMILES string of the molecule is Cc1cccnc1NCCS. The number of rotatable bonds is 3. The Morgan fingerprint density at radius 1 is 1.64 bits per heavy atom. The largest absolute Gasteiger partial charge is 0.369 e. The van der Waals surface area contributed by atoms with Crippen LogP contribution in [0.4, 0.5) is 5.82 Å². The van der Waals surface area contributed by atoms with Gasteiger partial charge in [0.05, 0.1) is 0 Å². The van der Waals surface area contributed by atoms with Crippen LogP contribution >= 0.6 is 12.6 Å². The minimum Gasteiger partial charge on any atom is -0.369 e. The summed E-state index contributed by atoms with van der Waals surface area (Å²) in [5.41, 5.74) is 1.18. The second-order valence-corrected chi connectivity index (χ2v) is 2.77. The van der Waals surface area contributed by atoms with E-state index >= 15 is 0 Å². The van der Waals surface area contributed by atoms with E-state index in [1.807, 2.05) is 19.1 Å². The van der Waals surface area contributed by atoms with Gasteiger partial charge in [-0.1, -0.05) is 6.07 Å². The Morgan fingerprint density at radius 3 is 3.09 bits per heavy atom. The molecular weight excluding hydrogens is 156 g/mol. The van der Waals surface area contributed by atoms with Crippen LogP contribution < -0.4 is 5.32 Å². The molecule has 1 N–H and O–H groups in total. The van der Waals surface area contributed by atoms with Crippen LogP contribution in [0.2, 0.25) is 0 Å². The number of nitrogens with zero attached hydrogens (tertiary/aromatic N) is 1. The summed E-state index contributed by atoms with van der Waals surface area (Å²) < 4.78 is 0. The van der Waals surface area contributed by atoms with E-state index in [2.05, 4.69) is 22.9 Å². The second kappa shape index (κ2) is 4.23. The lowest BCUT2D eigenvalue weighted by Gasteiger charge is -2.04. The first-order valence-electron chi connectivity index (χ1n) is 3.61. The molecule has 3 heteroatoms. The zero-order valence-corrected chi connectivity index (χ0v) is 7.44. The quantitative estimate of drug-likeness (QED) is 0.672. The minimum absolute atomic E-state index is 0.829. The van der Waals surface area contributed by atoms with Crippen LogP contribution in [0.15, 0.2) is 18.3 Å². The standard InChI is InChI=1S/C8H12N2S/c1-7-3-2-4-9-8(7)10-5-6-11/h2-4,11H,5-6H2,1H3,(H,9,10). The fourth-order valence-electron chi connectivity index (χ4n) is 0.845. The van der Waals surface area contributed by atoms with Crippen molar-refractivity contribution in [3.8, 4) is 0 Å². The van der Waals surface area contributed by atoms with Gasteiger partial charge in [-0.3, -0.25) is 0 Å². The predicted molar refractivity (Wildman–Crippen MR) is 51.3 cm³/mol. The molecule has 0 bridgehead atoms. The molecule has 0 atom stereocenters. The normalized spacial score (nSPS) is 9.64. The number of aryl methyl sites for hydroxylation is 1. The maximum Gasteiger partial charge on any atom is 0.128 e. The Bertz CT molecular complexity index is 225. The summed E-state index contributed by atoms with van der Waals surface area (Å²) in [5.74, 6) is 1.79. The third-order valence-electron chi connectivity index (χ3n) is 1.41. The molecule has 0 amide bonds. The molecule has 1 rings (SSSR count). The summed E-state index contributed by atoms with van der Waals surface area (Å²) in [6.45, 7) is 2.90. The van der Waals surface area contributed by atoms with Gasteiger partial charge in [0.1, 0.15) is 5.82 Å². The van der Waals surface area contributed by atoms with Crippen molar-refractivity contribution in [3.63, 3.8) is 0 Å². The number of aromatic nitrogens is 1. The molecule has 0 saturated carbocycles. The molecule has 11 heavy (non-hydrogen) atoms. The zero-order chi connectivity index (χ0) is 8.10. The van der Waals surface area contributed by atoms with Gasteiger partial charge in [0.25, 0.3) is 0 Å². The summed E-state index contributed by atoms with van der Waals surface area (Å²) >= 11 is 4.09. The molecule has 2 nitrogen and oxygen atoms in total. The molecule has 60 valence electrons. The summed E-state index contributed by atoms with van der Waals surface area (Å²) in [6, 6.07) is 3.97. The van der Waals surface area contributed by atoms with Crippen molar-refractivity contribution in [2.45, 2.75) is 6.92 Å². The lowest BCUT2D eigenvalue weighted by molar-refractivity contribution is 1.15. The van der Waals surface area contributed by atoms with E-state index in [1.165, 1.54) is 5.56 Å². The van der Waals surface area contributed by atoms with Crippen LogP contribution in [0, 0.1) is 6.92 Å². The summed E-state index contributed by atoms with van der Waals surface area (Å²) in [5, 5.41) is 3.18. The van der Waals surface area contributed by atoms with E-state index in [1.54, 1.807) is 6.20 Å². The van der Waals surface area contributed by atoms with Crippen LogP contribution in [0.25, 0.3) is 0 Å². The molecule has 1 aromatic rings. The third kappa shape index (κ3) is 2.42. The Kier molecular flexibility index (Phi) is 3.23. The van der Waals surface area contributed by atoms with Crippen molar-refractivity contribution in [1.82, 2.24) is 4.98 Å². The van der Waals surface area contributed by atoms with E-state index < -0.39 is 0 Å². The first-order valence-corrected chi connectivity index (χ1v) is 4.24. The maximum atomic E-state index is 4.17. The maximum absolute atomic E-state index is 4.17. The van der Waals surface area contributed by atoms with Gasteiger partial charge in [0.2, 0.25) is 0 Å². The van der Waals surface area contributed by atoms with Gasteiger partial charge in [-0.05, 0) is 18.6 Å². The first kappa shape index (κ1) is 8.40. The Labute approximate surface area is 72.5 Å². The third-order valence-corrected chi connectivity index (χ3v) is 1.64. The Balaban J connectivity index is 2.62. The van der Waals surface area contributed by atoms with Crippen molar-refractivity contribution in [3.05, 3.63) is 23.9 Å². The molecule has 0 unspecified atom stereocenters. The Hall–Kier alpha value is -0.700. The number of anilines is 1. The van der Waals surface area contributed by atoms with E-state index in [-0.39, 0.29) is 0 Å². The van der Waals surface area contributed by atoms with Gasteiger partial charge in [-0.25, -0.2) is 4.98 Å². The molecule has 0 fully saturated rings. The predicted octanol–water partition coefficient (Wildman–Crippen LogP) is 1.73. The summed E-state index contributed by atoms with van der Waals surface area (Å²) in [4.78, 5) is 4.17. The first-order chi connectivity index (χ1) is 5.34. The second-order valence-electron chi connectivity index (χ2n) is 2.32. The number of hydrogen-bond donors (Lipinski definition) is 2. The van der Waals surface area contributed by atoms with Crippen LogP contribution in [-0.2, 0) is 0 Å². The molecule has 1 heterocycles. The zero-order valence-electron chi connectivity index (χ0n) is 6.54. The number of thiol groups is 1. The smallest absolute Gasteiger partial charge is 0.128 e. The minimum atomic E-state index is 0.829. The summed E-state index contributed by atoms with van der Waals surface area (Å²) in [6.07, 6.45) is 1.79. The fourth-order valence-corrected chi connectivity index (χ4v) is 0.957. The highest BCUT2D eigenvalue weighted by Crippen LogP contribution is 2.07. The van der Waals surface area contributed by atoms with E-state index in [0.29, 0.717) is 0 Å². The average molecular weight is 168 g/mol. The van der Waals surface area contributed by atoms with E-state index in [9.17, 15) is 0 Å². The van der Waals surface area contributed by atoms with Crippen LogP contribution in [-0.4, -0.2) is 17.3 Å². The highest BCUT2D eigenvalue weighted by atomic mass is 32.1. The fraction of sp³-hybridized carbons (Fsp3) is 0.375. The van der Waals surface area contributed by atoms with Crippen molar-refractivity contribution in [2.75, 3.05) is 17.6 Å². The molecule has 0 spiro atoms. The molecule has 0 aliphatic rings. The Morgan fingerprint density at radius 2 is 2.45 bits per heavy atom. The van der Waals surface area contributed by atoms with Crippen LogP contribution in [0.5, 0.6) is 0 Å². The monoisotopic (exact) mass is 168 g/mol. The molecule has 0 aliphatic carbocycles. The molecule has 0 aromatic carbocycles. The molecule has 1 aromatic heterocycles. The highest BCUT2D eigenvalue weighted by molar-refractivity contribution is 7.80. The summed E-state index contributed by atoms with van der Waals surface area (Å²) in [7, 11) is 0. The molecule has 0 radical (unpaired) electrons. The van der Waals surface area contributed by atoms with Crippen LogP contribution in [0.3, 0.4) is 0 Å². The van der Waals surface area contributed by atoms with E-state index in [0.717, 1.165) is 18.1 Å². The lowest BCUT2D eigenvalue weighted by atomic mass is 10.3. The van der Waals surface area contributed by atoms with Crippen molar-refractivity contribution in [1.29, 1.82) is 0 Å². The van der Waals surface area contributed by atoms with Crippen molar-refractivity contribution >= 4 is 18.4 Å². The number of nitrogens with one attached hydrogen (secondary N) is 1. The van der Waals surface area contributed by atoms with E-state index in [4.69, 9.17) is 0 Å². The lowest BCUT2D eigenvalue weighted by Crippen LogP contribution is -2.05. The van der Waals surface area contributed by atoms with Gasteiger partial charge in [0.15, 0.2) is 0 Å². The van der Waals surface area contributed by atoms with Gasteiger partial charge >= 0.3 is 0 Å². The van der Waals surface area contributed by atoms with Gasteiger partial charge in [-0.15, -0.1) is 0 Å². The van der Waals surface area contributed by atoms with Gasteiger partial charge in [0, 0.05) is 18.5 Å². The highest BCUT2D eigenvalue weighted by Gasteiger charge is 1.94. The van der Waals surface area contributed by atoms with Crippen molar-refractivity contribution < 1.29 is 0 Å². The molecule has 0 aliphatic heterocycles. The van der Waals surface area contributed by atoms with Gasteiger partial charge in [-0.2, -0.15) is 12.6 Å².